The SMILES string of the molecule is COc1cccc(-n2c(SCC(=O)Nc3cccc([N+](=O)[O-])c3C)nc3ccccc3c2=O)c1. The van der Waals surface area contributed by atoms with Gasteiger partial charge in [0.25, 0.3) is 11.2 Å². The summed E-state index contributed by atoms with van der Waals surface area (Å²) in [5.74, 6) is 0.136. The second kappa shape index (κ2) is 9.75. The molecule has 4 rings (SSSR count). The lowest BCUT2D eigenvalue weighted by Crippen LogP contribution is -2.23. The smallest absolute Gasteiger partial charge is 0.274 e. The van der Waals surface area contributed by atoms with Gasteiger partial charge in [-0.25, -0.2) is 4.98 Å². The molecule has 0 spiro atoms. The largest absolute Gasteiger partial charge is 0.497 e. The molecule has 0 radical (unpaired) electrons. The van der Waals surface area contributed by atoms with E-state index in [-0.39, 0.29) is 22.9 Å². The Bertz CT molecular complexity index is 1470. The van der Waals surface area contributed by atoms with E-state index >= 15 is 0 Å². The van der Waals surface area contributed by atoms with Crippen molar-refractivity contribution in [2.75, 3.05) is 18.2 Å². The second-order valence-electron chi connectivity index (χ2n) is 7.30. The average Bonchev–Trinajstić information content (AvgIpc) is 2.84. The molecule has 0 aliphatic carbocycles. The van der Waals surface area contributed by atoms with E-state index < -0.39 is 4.92 Å². The van der Waals surface area contributed by atoms with Crippen LogP contribution in [-0.4, -0.2) is 33.2 Å². The van der Waals surface area contributed by atoms with Gasteiger partial charge in [-0.3, -0.25) is 24.3 Å². The summed E-state index contributed by atoms with van der Waals surface area (Å²) in [6, 6.07) is 18.5. The predicted molar refractivity (Wildman–Crippen MR) is 131 cm³/mol. The van der Waals surface area contributed by atoms with E-state index in [9.17, 15) is 19.7 Å². The number of nitrogens with zero attached hydrogens (tertiary/aromatic N) is 3. The van der Waals surface area contributed by atoms with Crippen molar-refractivity contribution < 1.29 is 14.5 Å². The van der Waals surface area contributed by atoms with Crippen molar-refractivity contribution >= 4 is 39.9 Å². The molecule has 0 aliphatic rings. The van der Waals surface area contributed by atoms with Crippen molar-refractivity contribution in [1.82, 2.24) is 9.55 Å². The van der Waals surface area contributed by atoms with Crippen LogP contribution in [0.3, 0.4) is 0 Å². The number of ether oxygens (including phenoxy) is 1. The summed E-state index contributed by atoms with van der Waals surface area (Å²) in [5, 5.41) is 14.7. The highest BCUT2D eigenvalue weighted by molar-refractivity contribution is 7.99. The van der Waals surface area contributed by atoms with Crippen LogP contribution in [0.15, 0.2) is 76.7 Å². The van der Waals surface area contributed by atoms with Crippen LogP contribution in [0.4, 0.5) is 11.4 Å². The molecule has 10 heteroatoms. The summed E-state index contributed by atoms with van der Waals surface area (Å²) in [6.45, 7) is 1.58. The third-order valence-electron chi connectivity index (χ3n) is 5.16. The fourth-order valence-corrected chi connectivity index (χ4v) is 4.27. The molecule has 172 valence electrons. The molecule has 0 unspecified atom stereocenters. The first kappa shape index (κ1) is 23.0. The average molecular weight is 477 g/mol. The number of carbonyl (C=O) groups is 1. The van der Waals surface area contributed by atoms with Crippen molar-refractivity contribution in [2.45, 2.75) is 12.1 Å². The van der Waals surface area contributed by atoms with Crippen LogP contribution in [0.5, 0.6) is 5.75 Å². The standard InChI is InChI=1S/C24H20N4O5S/c1-15-19(11-6-12-21(15)28(31)32)25-22(29)14-34-24-26-20-10-4-3-9-18(20)23(30)27(24)16-7-5-8-17(13-16)33-2/h3-13H,14H2,1-2H3,(H,25,29). The van der Waals surface area contributed by atoms with Crippen LogP contribution in [-0.2, 0) is 4.79 Å². The first-order chi connectivity index (χ1) is 16.4. The number of nitrogens with one attached hydrogen (secondary N) is 1. The summed E-state index contributed by atoms with van der Waals surface area (Å²) in [7, 11) is 1.54. The lowest BCUT2D eigenvalue weighted by atomic mass is 10.1. The maximum absolute atomic E-state index is 13.3. The van der Waals surface area contributed by atoms with Gasteiger partial charge in [0.15, 0.2) is 5.16 Å². The Morgan fingerprint density at radius 1 is 1.15 bits per heavy atom. The van der Waals surface area contributed by atoms with E-state index in [0.29, 0.717) is 38.7 Å². The van der Waals surface area contributed by atoms with E-state index in [4.69, 9.17) is 4.74 Å². The number of nitro benzene ring substituents is 1. The monoisotopic (exact) mass is 476 g/mol. The van der Waals surface area contributed by atoms with Gasteiger partial charge in [-0.05, 0) is 37.3 Å². The van der Waals surface area contributed by atoms with E-state index in [2.05, 4.69) is 10.3 Å². The normalized spacial score (nSPS) is 10.8. The highest BCUT2D eigenvalue weighted by Crippen LogP contribution is 2.27. The number of methoxy groups -OCH3 is 1. The minimum absolute atomic E-state index is 0.0587. The van der Waals surface area contributed by atoms with Crippen LogP contribution in [0.1, 0.15) is 5.56 Å². The van der Waals surface area contributed by atoms with Gasteiger partial charge < -0.3 is 10.1 Å². The summed E-state index contributed by atoms with van der Waals surface area (Å²) in [5.41, 5.74) is 1.45. The highest BCUT2D eigenvalue weighted by Gasteiger charge is 2.17. The number of nitro groups is 1. The van der Waals surface area contributed by atoms with Gasteiger partial charge in [-0.2, -0.15) is 0 Å². The maximum Gasteiger partial charge on any atom is 0.274 e. The van der Waals surface area contributed by atoms with Crippen molar-refractivity contribution in [3.8, 4) is 11.4 Å². The van der Waals surface area contributed by atoms with E-state index in [1.54, 1.807) is 61.5 Å². The molecule has 0 bridgehead atoms. The third-order valence-corrected chi connectivity index (χ3v) is 6.10. The number of fused-ring (bicyclic) bond motifs is 1. The minimum Gasteiger partial charge on any atom is -0.497 e. The fraction of sp³-hybridized carbons (Fsp3) is 0.125. The molecule has 0 saturated heterocycles. The van der Waals surface area contributed by atoms with Gasteiger partial charge in [-0.1, -0.05) is 36.0 Å². The Kier molecular flexibility index (Phi) is 6.60. The van der Waals surface area contributed by atoms with E-state index in [1.165, 1.54) is 23.8 Å². The molecule has 9 nitrogen and oxygen atoms in total. The molecule has 0 atom stereocenters. The zero-order valence-corrected chi connectivity index (χ0v) is 19.2. The number of hydrogen-bond acceptors (Lipinski definition) is 7. The molecule has 1 amide bonds. The van der Waals surface area contributed by atoms with Crippen molar-refractivity contribution in [3.05, 3.63) is 92.8 Å². The van der Waals surface area contributed by atoms with Crippen molar-refractivity contribution in [1.29, 1.82) is 0 Å². The molecule has 3 aromatic carbocycles. The molecular formula is C24H20N4O5S. The molecule has 34 heavy (non-hydrogen) atoms. The molecule has 0 saturated carbocycles. The van der Waals surface area contributed by atoms with Crippen LogP contribution >= 0.6 is 11.8 Å². The van der Waals surface area contributed by atoms with Crippen LogP contribution in [0.2, 0.25) is 0 Å². The summed E-state index contributed by atoms with van der Waals surface area (Å²) in [4.78, 5) is 41.3. The molecule has 1 aromatic heterocycles. The molecule has 0 aliphatic heterocycles. The summed E-state index contributed by atoms with van der Waals surface area (Å²) >= 11 is 1.09. The Balaban J connectivity index is 1.66. The number of amides is 1. The molecular weight excluding hydrogens is 456 g/mol. The number of benzene rings is 3. The first-order valence-electron chi connectivity index (χ1n) is 10.2. The van der Waals surface area contributed by atoms with Crippen LogP contribution in [0, 0.1) is 17.0 Å². The highest BCUT2D eigenvalue weighted by atomic mass is 32.2. The quantitative estimate of drug-likeness (QED) is 0.182. The Morgan fingerprint density at radius 2 is 1.91 bits per heavy atom. The number of thioether (sulfide) groups is 1. The number of carbonyl (C=O) groups excluding carboxylic acids is 1. The van der Waals surface area contributed by atoms with Gasteiger partial charge in [0.2, 0.25) is 5.91 Å². The van der Waals surface area contributed by atoms with Gasteiger partial charge >= 0.3 is 0 Å². The number of anilines is 1. The zero-order chi connectivity index (χ0) is 24.2. The van der Waals surface area contributed by atoms with Gasteiger partial charge in [-0.15, -0.1) is 0 Å². The Labute approximate surface area is 198 Å². The molecule has 1 N–H and O–H groups in total. The first-order valence-corrected chi connectivity index (χ1v) is 11.2. The number of rotatable bonds is 7. The fourth-order valence-electron chi connectivity index (χ4n) is 3.46. The van der Waals surface area contributed by atoms with Gasteiger partial charge in [0.05, 0.1) is 45.6 Å². The predicted octanol–water partition coefficient (Wildman–Crippen LogP) is 4.34. The number of hydrogen-bond donors (Lipinski definition) is 1. The van der Waals surface area contributed by atoms with E-state index in [1.807, 2.05) is 0 Å². The van der Waals surface area contributed by atoms with Crippen molar-refractivity contribution in [3.63, 3.8) is 0 Å². The van der Waals surface area contributed by atoms with Gasteiger partial charge in [0.1, 0.15) is 5.75 Å². The van der Waals surface area contributed by atoms with Crippen molar-refractivity contribution in [2.24, 2.45) is 0 Å². The summed E-state index contributed by atoms with van der Waals surface area (Å²) < 4.78 is 6.74. The van der Waals surface area contributed by atoms with E-state index in [0.717, 1.165) is 11.8 Å². The Hall–Kier alpha value is -4.18. The maximum atomic E-state index is 13.3. The topological polar surface area (TPSA) is 116 Å². The second-order valence-corrected chi connectivity index (χ2v) is 8.24. The van der Waals surface area contributed by atoms with Crippen LogP contribution in [0.25, 0.3) is 16.6 Å². The zero-order valence-electron chi connectivity index (χ0n) is 18.3. The number of aromatic nitrogens is 2. The summed E-state index contributed by atoms with van der Waals surface area (Å²) in [6.07, 6.45) is 0. The lowest BCUT2D eigenvalue weighted by Gasteiger charge is -2.14. The van der Waals surface area contributed by atoms with Gasteiger partial charge in [0, 0.05) is 12.1 Å². The minimum atomic E-state index is -0.494. The van der Waals surface area contributed by atoms with Crippen LogP contribution < -0.4 is 15.6 Å². The molecule has 1 heterocycles. The third kappa shape index (κ3) is 4.62. The molecule has 4 aromatic rings. The lowest BCUT2D eigenvalue weighted by molar-refractivity contribution is -0.385. The molecule has 0 fully saturated rings. The number of para-hydroxylation sites is 1. The Morgan fingerprint density at radius 3 is 2.68 bits per heavy atom.